The zero-order valence-electron chi connectivity index (χ0n) is 22.3. The molecule has 0 aliphatic carbocycles. The van der Waals surface area contributed by atoms with Gasteiger partial charge in [0.15, 0.2) is 0 Å². The molecule has 39 heavy (non-hydrogen) atoms. The van der Waals surface area contributed by atoms with Crippen LogP contribution in [0, 0.1) is 0 Å². The van der Waals surface area contributed by atoms with Crippen LogP contribution in [0.2, 0.25) is 0 Å². The second-order valence-corrected chi connectivity index (χ2v) is 10.3. The summed E-state index contributed by atoms with van der Waals surface area (Å²) in [7, 11) is 0. The lowest BCUT2D eigenvalue weighted by atomic mass is 10.0. The summed E-state index contributed by atoms with van der Waals surface area (Å²) in [5.41, 5.74) is 3.98. The molecular formula is C30H33N7O2. The van der Waals surface area contributed by atoms with Crippen LogP contribution in [0.15, 0.2) is 79.6 Å². The van der Waals surface area contributed by atoms with Gasteiger partial charge < -0.3 is 20.6 Å². The van der Waals surface area contributed by atoms with Crippen LogP contribution in [0.1, 0.15) is 13.8 Å². The molecule has 3 N–H and O–H groups in total. The fourth-order valence-corrected chi connectivity index (χ4v) is 4.79. The number of nitrogens with one attached hydrogen (secondary N) is 2. The Hall–Kier alpha value is -4.34. The van der Waals surface area contributed by atoms with Gasteiger partial charge in [0.25, 0.3) is 0 Å². The van der Waals surface area contributed by atoms with Crippen molar-refractivity contribution in [2.24, 2.45) is 0 Å². The topological polar surface area (TPSA) is 107 Å². The summed E-state index contributed by atoms with van der Waals surface area (Å²) < 4.78 is 0. The number of aliphatic hydroxyl groups is 1. The average Bonchev–Trinajstić information content (AvgIpc) is 2.93. The third-order valence-corrected chi connectivity index (χ3v) is 6.59. The number of β-amino-alcohol motifs (C(OH)–C–C–N with tert-alkyl or cyclic N) is 1. The molecule has 200 valence electrons. The molecule has 1 aliphatic rings. The summed E-state index contributed by atoms with van der Waals surface area (Å²) >= 11 is 0. The Morgan fingerprint density at radius 1 is 1.08 bits per heavy atom. The minimum atomic E-state index is -0.675. The number of piperazine rings is 1. The predicted molar refractivity (Wildman–Crippen MR) is 156 cm³/mol. The van der Waals surface area contributed by atoms with E-state index in [0.29, 0.717) is 18.3 Å². The van der Waals surface area contributed by atoms with Crippen LogP contribution in [0.4, 0.5) is 23.1 Å². The van der Waals surface area contributed by atoms with Gasteiger partial charge >= 0.3 is 0 Å². The largest absolute Gasteiger partial charge is 0.389 e. The van der Waals surface area contributed by atoms with Gasteiger partial charge in [0.1, 0.15) is 5.82 Å². The van der Waals surface area contributed by atoms with Crippen LogP contribution in [0.3, 0.4) is 0 Å². The van der Waals surface area contributed by atoms with Crippen LogP contribution < -0.4 is 15.5 Å². The average molecular weight is 524 g/mol. The highest BCUT2D eigenvalue weighted by Crippen LogP contribution is 2.29. The van der Waals surface area contributed by atoms with E-state index in [2.05, 4.69) is 49.1 Å². The van der Waals surface area contributed by atoms with Crippen LogP contribution in [0.5, 0.6) is 0 Å². The molecule has 9 nitrogen and oxygen atoms in total. The lowest BCUT2D eigenvalue weighted by Gasteiger charge is -2.38. The second-order valence-electron chi connectivity index (χ2n) is 10.3. The molecule has 5 rings (SSSR count). The van der Waals surface area contributed by atoms with E-state index in [1.54, 1.807) is 12.4 Å². The second kappa shape index (κ2) is 11.2. The highest BCUT2D eigenvalue weighted by molar-refractivity contribution is 5.99. The molecule has 9 heteroatoms. The Kier molecular flexibility index (Phi) is 7.53. The molecule has 0 spiro atoms. The molecule has 2 aromatic carbocycles. The van der Waals surface area contributed by atoms with Gasteiger partial charge in [-0.1, -0.05) is 24.8 Å². The lowest BCUT2D eigenvalue weighted by Crippen LogP contribution is -2.50. The van der Waals surface area contributed by atoms with E-state index < -0.39 is 5.60 Å². The first-order valence-corrected chi connectivity index (χ1v) is 13.0. The van der Waals surface area contributed by atoms with E-state index >= 15 is 0 Å². The maximum absolute atomic E-state index is 11.7. The molecule has 0 atom stereocenters. The zero-order chi connectivity index (χ0) is 27.4. The molecule has 0 unspecified atom stereocenters. The van der Waals surface area contributed by atoms with Crippen molar-refractivity contribution in [2.75, 3.05) is 48.3 Å². The first-order chi connectivity index (χ1) is 18.8. The van der Waals surface area contributed by atoms with E-state index in [1.807, 2.05) is 56.3 Å². The zero-order valence-corrected chi connectivity index (χ0v) is 22.3. The van der Waals surface area contributed by atoms with E-state index in [-0.39, 0.29) is 5.91 Å². The van der Waals surface area contributed by atoms with Crippen LogP contribution in [-0.2, 0) is 4.79 Å². The molecule has 0 radical (unpaired) electrons. The summed E-state index contributed by atoms with van der Waals surface area (Å²) in [6, 6.07) is 17.9. The van der Waals surface area contributed by atoms with Crippen molar-refractivity contribution in [2.45, 2.75) is 19.4 Å². The number of carbonyl (C=O) groups excluding carboxylic acids is 1. The van der Waals surface area contributed by atoms with Crippen molar-refractivity contribution in [1.82, 2.24) is 19.9 Å². The maximum atomic E-state index is 11.7. The minimum absolute atomic E-state index is 0.314. The van der Waals surface area contributed by atoms with Gasteiger partial charge in [-0.05, 0) is 61.9 Å². The number of hydrogen-bond donors (Lipinski definition) is 3. The fraction of sp³-hybridized carbons (Fsp3) is 0.267. The summed E-state index contributed by atoms with van der Waals surface area (Å²) in [5, 5.41) is 17.0. The van der Waals surface area contributed by atoms with Crippen molar-refractivity contribution in [3.8, 4) is 11.1 Å². The summed E-state index contributed by atoms with van der Waals surface area (Å²) in [6.07, 6.45) is 4.67. The third kappa shape index (κ3) is 6.57. The highest BCUT2D eigenvalue weighted by atomic mass is 16.3. The molecular weight excluding hydrogens is 490 g/mol. The van der Waals surface area contributed by atoms with E-state index in [1.165, 1.54) is 11.8 Å². The van der Waals surface area contributed by atoms with E-state index in [4.69, 9.17) is 4.98 Å². The van der Waals surface area contributed by atoms with E-state index in [9.17, 15) is 9.90 Å². The fourth-order valence-electron chi connectivity index (χ4n) is 4.79. The number of amides is 1. The molecule has 3 heterocycles. The van der Waals surface area contributed by atoms with Gasteiger partial charge in [0, 0.05) is 67.4 Å². The number of pyridine rings is 1. The van der Waals surface area contributed by atoms with Crippen molar-refractivity contribution in [3.05, 3.63) is 79.6 Å². The number of para-hydroxylation sites is 1. The Morgan fingerprint density at radius 2 is 1.85 bits per heavy atom. The first kappa shape index (κ1) is 26.3. The van der Waals surface area contributed by atoms with Crippen molar-refractivity contribution in [1.29, 1.82) is 0 Å². The smallest absolute Gasteiger partial charge is 0.248 e. The molecule has 1 fully saturated rings. The summed E-state index contributed by atoms with van der Waals surface area (Å²) in [4.78, 5) is 30.0. The molecule has 1 amide bonds. The predicted octanol–water partition coefficient (Wildman–Crippen LogP) is 4.45. The monoisotopic (exact) mass is 523 g/mol. The minimum Gasteiger partial charge on any atom is -0.389 e. The summed E-state index contributed by atoms with van der Waals surface area (Å²) in [6.45, 7) is 11.6. The lowest BCUT2D eigenvalue weighted by molar-refractivity contribution is -0.111. The number of rotatable bonds is 8. The van der Waals surface area contributed by atoms with Gasteiger partial charge in [0.05, 0.1) is 11.1 Å². The number of fused-ring (bicyclic) bond motifs is 1. The van der Waals surface area contributed by atoms with Gasteiger partial charge in [-0.2, -0.15) is 0 Å². The molecule has 4 aromatic rings. The Morgan fingerprint density at radius 3 is 2.56 bits per heavy atom. The molecule has 1 aliphatic heterocycles. The van der Waals surface area contributed by atoms with Crippen molar-refractivity contribution < 1.29 is 9.90 Å². The first-order valence-electron chi connectivity index (χ1n) is 13.0. The van der Waals surface area contributed by atoms with Crippen LogP contribution in [-0.4, -0.2) is 69.2 Å². The van der Waals surface area contributed by atoms with Gasteiger partial charge in [-0.15, -0.1) is 0 Å². The third-order valence-electron chi connectivity index (χ3n) is 6.59. The highest BCUT2D eigenvalue weighted by Gasteiger charge is 2.22. The Balaban J connectivity index is 1.30. The number of aromatic nitrogens is 3. The van der Waals surface area contributed by atoms with Crippen molar-refractivity contribution >= 4 is 40.0 Å². The van der Waals surface area contributed by atoms with Gasteiger partial charge in [-0.3, -0.25) is 9.69 Å². The van der Waals surface area contributed by atoms with Crippen molar-refractivity contribution in [3.63, 3.8) is 0 Å². The van der Waals surface area contributed by atoms with Crippen LogP contribution >= 0.6 is 0 Å². The SMILES string of the molecule is C=CC(=O)Nc1cc(-c2cccc3cnc(Nc4ccc(N5CCN(CC(C)(C)O)CC5)cc4)nc23)ccn1. The standard InChI is InChI=1S/C30H33N7O2/c1-4-27(38)34-26-18-21(12-13-31-26)25-7-5-6-22-19-32-29(35-28(22)25)33-23-8-10-24(11-9-23)37-16-14-36(15-17-37)20-30(2,3)39/h4-13,18-19,39H,1,14-17,20H2,2-3H3,(H,31,34,38)(H,32,33,35). The van der Waals surface area contributed by atoms with E-state index in [0.717, 1.165) is 53.9 Å². The number of carbonyl (C=O) groups is 1. The number of nitrogens with zero attached hydrogens (tertiary/aromatic N) is 5. The van der Waals surface area contributed by atoms with Crippen LogP contribution in [0.25, 0.3) is 22.0 Å². The molecule has 2 aromatic heterocycles. The van der Waals surface area contributed by atoms with Gasteiger partial charge in [0.2, 0.25) is 11.9 Å². The molecule has 0 bridgehead atoms. The summed E-state index contributed by atoms with van der Waals surface area (Å²) in [5.74, 6) is 0.628. The number of benzene rings is 2. The Bertz CT molecular complexity index is 1470. The Labute approximate surface area is 228 Å². The maximum Gasteiger partial charge on any atom is 0.248 e. The normalized spacial score (nSPS) is 14.3. The number of hydrogen-bond acceptors (Lipinski definition) is 8. The molecule has 0 saturated carbocycles. The quantitative estimate of drug-likeness (QED) is 0.291. The molecule has 1 saturated heterocycles. The van der Waals surface area contributed by atoms with Gasteiger partial charge in [-0.25, -0.2) is 15.0 Å². The number of anilines is 4.